The maximum atomic E-state index is 12.1. The van der Waals surface area contributed by atoms with Gasteiger partial charge in [0.1, 0.15) is 0 Å². The van der Waals surface area contributed by atoms with Gasteiger partial charge in [-0.05, 0) is 37.3 Å². The zero-order valence-corrected chi connectivity index (χ0v) is 12.7. The molecule has 21 heavy (non-hydrogen) atoms. The maximum Gasteiger partial charge on any atom is 0.313 e. The van der Waals surface area contributed by atoms with Gasteiger partial charge < -0.3 is 15.3 Å². The number of benzene rings is 1. The van der Waals surface area contributed by atoms with E-state index in [9.17, 15) is 9.59 Å². The molecule has 1 saturated heterocycles. The van der Waals surface area contributed by atoms with Gasteiger partial charge in [-0.2, -0.15) is 0 Å². The molecule has 5 nitrogen and oxygen atoms in total. The number of carbonyl (C=O) groups is 2. The Kier molecular flexibility index (Phi) is 5.20. The molecular formula is C15H19ClN2O3. The van der Waals surface area contributed by atoms with Crippen molar-refractivity contribution in [3.05, 3.63) is 28.8 Å². The Morgan fingerprint density at radius 2 is 2.05 bits per heavy atom. The molecule has 0 aromatic heterocycles. The Labute approximate surface area is 128 Å². The third-order valence-electron chi connectivity index (χ3n) is 3.79. The van der Waals surface area contributed by atoms with Gasteiger partial charge in [-0.1, -0.05) is 23.7 Å². The fourth-order valence-electron chi connectivity index (χ4n) is 2.38. The number of aliphatic hydroxyl groups is 1. The molecule has 0 saturated carbocycles. The van der Waals surface area contributed by atoms with Gasteiger partial charge in [-0.3, -0.25) is 9.59 Å². The second-order valence-corrected chi connectivity index (χ2v) is 5.69. The number of hydrogen-bond donors (Lipinski definition) is 2. The Morgan fingerprint density at radius 1 is 1.38 bits per heavy atom. The number of rotatable bonds is 2. The lowest BCUT2D eigenvalue weighted by atomic mass is 9.98. The number of nitrogens with zero attached hydrogens (tertiary/aromatic N) is 1. The molecular weight excluding hydrogens is 292 g/mol. The van der Waals surface area contributed by atoms with Crippen LogP contribution in [-0.4, -0.2) is 41.5 Å². The van der Waals surface area contributed by atoms with Crippen LogP contribution in [0.1, 0.15) is 18.4 Å². The lowest BCUT2D eigenvalue weighted by molar-refractivity contribution is -0.144. The first kappa shape index (κ1) is 15.8. The van der Waals surface area contributed by atoms with Crippen molar-refractivity contribution in [2.45, 2.75) is 19.8 Å². The third kappa shape index (κ3) is 3.74. The van der Waals surface area contributed by atoms with Gasteiger partial charge in [0, 0.05) is 19.7 Å². The van der Waals surface area contributed by atoms with Crippen molar-refractivity contribution in [1.82, 2.24) is 4.90 Å². The van der Waals surface area contributed by atoms with Crippen LogP contribution in [0.5, 0.6) is 0 Å². The number of carbonyl (C=O) groups excluding carboxylic acids is 2. The van der Waals surface area contributed by atoms with Gasteiger partial charge in [0.25, 0.3) is 0 Å². The third-order valence-corrected chi connectivity index (χ3v) is 4.30. The zero-order valence-electron chi connectivity index (χ0n) is 11.9. The van der Waals surface area contributed by atoms with E-state index in [0.29, 0.717) is 23.8 Å². The fourth-order valence-corrected chi connectivity index (χ4v) is 2.56. The number of anilines is 1. The van der Waals surface area contributed by atoms with E-state index in [4.69, 9.17) is 16.7 Å². The summed E-state index contributed by atoms with van der Waals surface area (Å²) in [5, 5.41) is 12.1. The lowest BCUT2D eigenvalue weighted by Gasteiger charge is -2.30. The first-order valence-corrected chi connectivity index (χ1v) is 7.37. The predicted molar refractivity (Wildman–Crippen MR) is 81.2 cm³/mol. The van der Waals surface area contributed by atoms with Crippen LogP contribution in [0.25, 0.3) is 0 Å². The van der Waals surface area contributed by atoms with Crippen LogP contribution in [0.15, 0.2) is 18.2 Å². The molecule has 0 radical (unpaired) electrons. The summed E-state index contributed by atoms with van der Waals surface area (Å²) in [5.74, 6) is -1.00. The van der Waals surface area contributed by atoms with Gasteiger partial charge >= 0.3 is 11.8 Å². The smallest absolute Gasteiger partial charge is 0.313 e. The van der Waals surface area contributed by atoms with E-state index >= 15 is 0 Å². The molecule has 1 heterocycles. The topological polar surface area (TPSA) is 69.6 Å². The van der Waals surface area contributed by atoms with Crippen molar-refractivity contribution >= 4 is 29.1 Å². The number of likely N-dealkylation sites (tertiary alicyclic amines) is 1. The molecule has 0 atom stereocenters. The van der Waals surface area contributed by atoms with Crippen LogP contribution in [0.2, 0.25) is 5.02 Å². The van der Waals surface area contributed by atoms with Crippen LogP contribution in [0.3, 0.4) is 0 Å². The van der Waals surface area contributed by atoms with Crippen LogP contribution < -0.4 is 5.32 Å². The molecule has 0 spiro atoms. The summed E-state index contributed by atoms with van der Waals surface area (Å²) in [4.78, 5) is 25.6. The first-order chi connectivity index (χ1) is 10.0. The van der Waals surface area contributed by atoms with Gasteiger partial charge in [0.05, 0.1) is 10.7 Å². The molecule has 2 rings (SSSR count). The highest BCUT2D eigenvalue weighted by atomic mass is 35.5. The predicted octanol–water partition coefficient (Wildman–Crippen LogP) is 1.82. The molecule has 114 valence electrons. The molecule has 0 unspecified atom stereocenters. The average Bonchev–Trinajstić information content (AvgIpc) is 2.51. The minimum atomic E-state index is -0.676. The molecule has 1 aliphatic rings. The van der Waals surface area contributed by atoms with Crippen LogP contribution in [-0.2, 0) is 9.59 Å². The largest absolute Gasteiger partial charge is 0.396 e. The molecule has 2 N–H and O–H groups in total. The van der Waals surface area contributed by atoms with Crippen molar-refractivity contribution in [3.8, 4) is 0 Å². The van der Waals surface area contributed by atoms with Crippen molar-refractivity contribution in [2.75, 3.05) is 25.0 Å². The highest BCUT2D eigenvalue weighted by Crippen LogP contribution is 2.25. The van der Waals surface area contributed by atoms with Gasteiger partial charge in [-0.15, -0.1) is 0 Å². The maximum absolute atomic E-state index is 12.1. The van der Waals surface area contributed by atoms with Crippen molar-refractivity contribution < 1.29 is 14.7 Å². The molecule has 6 heteroatoms. The van der Waals surface area contributed by atoms with E-state index in [1.807, 2.05) is 13.0 Å². The summed E-state index contributed by atoms with van der Waals surface area (Å²) >= 11 is 6.10. The number of amides is 2. The summed E-state index contributed by atoms with van der Waals surface area (Å²) < 4.78 is 0. The standard InChI is InChI=1S/C15H19ClN2O3/c1-10-3-2-4-12(13(10)16)17-14(20)15(21)18-7-5-11(9-19)6-8-18/h2-4,11,19H,5-9H2,1H3,(H,17,20). The molecule has 0 bridgehead atoms. The Bertz CT molecular complexity index is 540. The Hall–Kier alpha value is -1.59. The molecule has 1 aromatic carbocycles. The minimum absolute atomic E-state index is 0.132. The van der Waals surface area contributed by atoms with Gasteiger partial charge in [0.15, 0.2) is 0 Å². The van der Waals surface area contributed by atoms with E-state index < -0.39 is 11.8 Å². The van der Waals surface area contributed by atoms with E-state index in [-0.39, 0.29) is 12.5 Å². The van der Waals surface area contributed by atoms with Crippen molar-refractivity contribution in [2.24, 2.45) is 5.92 Å². The van der Waals surface area contributed by atoms with Crippen LogP contribution in [0.4, 0.5) is 5.69 Å². The van der Waals surface area contributed by atoms with E-state index in [0.717, 1.165) is 18.4 Å². The second-order valence-electron chi connectivity index (χ2n) is 5.31. The summed E-state index contributed by atoms with van der Waals surface area (Å²) in [5.41, 5.74) is 1.28. The normalized spacial score (nSPS) is 15.9. The highest BCUT2D eigenvalue weighted by molar-refractivity contribution is 6.41. The summed E-state index contributed by atoms with van der Waals surface area (Å²) in [6.07, 6.45) is 1.45. The number of aryl methyl sites for hydroxylation is 1. The van der Waals surface area contributed by atoms with Crippen molar-refractivity contribution in [1.29, 1.82) is 0 Å². The Balaban J connectivity index is 1.97. The Morgan fingerprint density at radius 3 is 2.67 bits per heavy atom. The number of hydrogen-bond acceptors (Lipinski definition) is 3. The number of aliphatic hydroxyl groups excluding tert-OH is 1. The van der Waals surface area contributed by atoms with Gasteiger partial charge in [0.2, 0.25) is 0 Å². The number of piperidine rings is 1. The SMILES string of the molecule is Cc1cccc(NC(=O)C(=O)N2CCC(CO)CC2)c1Cl. The molecule has 1 aromatic rings. The highest BCUT2D eigenvalue weighted by Gasteiger charge is 2.27. The first-order valence-electron chi connectivity index (χ1n) is 6.99. The van der Waals surface area contributed by atoms with Crippen molar-refractivity contribution in [3.63, 3.8) is 0 Å². The average molecular weight is 311 g/mol. The molecule has 1 aliphatic heterocycles. The second kappa shape index (κ2) is 6.91. The fraction of sp³-hybridized carbons (Fsp3) is 0.467. The van der Waals surface area contributed by atoms with Gasteiger partial charge in [-0.25, -0.2) is 0 Å². The zero-order chi connectivity index (χ0) is 15.4. The number of nitrogens with one attached hydrogen (secondary N) is 1. The molecule has 2 amide bonds. The van der Waals surface area contributed by atoms with E-state index in [2.05, 4.69) is 5.32 Å². The summed E-state index contributed by atoms with van der Waals surface area (Å²) in [6, 6.07) is 5.27. The monoisotopic (exact) mass is 310 g/mol. The van der Waals surface area contributed by atoms with E-state index in [1.165, 1.54) is 4.90 Å². The van der Waals surface area contributed by atoms with Crippen LogP contribution in [0, 0.1) is 12.8 Å². The molecule has 1 fully saturated rings. The van der Waals surface area contributed by atoms with Crippen LogP contribution >= 0.6 is 11.6 Å². The minimum Gasteiger partial charge on any atom is -0.396 e. The summed E-state index contributed by atoms with van der Waals surface area (Å²) in [7, 11) is 0. The number of halogens is 1. The quantitative estimate of drug-likeness (QED) is 0.819. The molecule has 0 aliphatic carbocycles. The van der Waals surface area contributed by atoms with E-state index in [1.54, 1.807) is 12.1 Å². The summed E-state index contributed by atoms with van der Waals surface area (Å²) in [6.45, 7) is 2.96. The lowest BCUT2D eigenvalue weighted by Crippen LogP contribution is -2.44.